The van der Waals surface area contributed by atoms with E-state index in [0.717, 1.165) is 17.6 Å². The molecule has 0 fully saturated rings. The van der Waals surface area contributed by atoms with Gasteiger partial charge in [0, 0.05) is 13.0 Å². The third-order valence-electron chi connectivity index (χ3n) is 10.3. The Bertz CT molecular complexity index is 2290. The van der Waals surface area contributed by atoms with Gasteiger partial charge in [-0.3, -0.25) is 0 Å². The van der Waals surface area contributed by atoms with Crippen LogP contribution in [0.4, 0.5) is 0 Å². The average Bonchev–Trinajstić information content (AvgIpc) is 3.28. The van der Waals surface area contributed by atoms with Crippen molar-refractivity contribution in [2.45, 2.75) is 60.5 Å². The molecule has 7 rings (SSSR count). The van der Waals surface area contributed by atoms with Gasteiger partial charge in [-0.25, -0.2) is 0 Å². The monoisotopic (exact) mass is 784 g/mol. The molecule has 0 saturated heterocycles. The fourth-order valence-corrected chi connectivity index (χ4v) is 6.58. The second-order valence-electron chi connectivity index (χ2n) is 14.9. The number of aryl methyl sites for hydroxylation is 1. The summed E-state index contributed by atoms with van der Waals surface area (Å²) in [7, 11) is 3.25. The van der Waals surface area contributed by atoms with E-state index in [1.165, 1.54) is 67.2 Å². The zero-order valence-electron chi connectivity index (χ0n) is 37.4. The molecule has 1 aliphatic carbocycles. The fourth-order valence-electron chi connectivity index (χ4n) is 6.58. The van der Waals surface area contributed by atoms with Crippen LogP contribution in [0.2, 0.25) is 0 Å². The van der Waals surface area contributed by atoms with Crippen LogP contribution in [0.3, 0.4) is 0 Å². The molecule has 59 heavy (non-hydrogen) atoms. The molecule has 0 spiro atoms. The van der Waals surface area contributed by atoms with Crippen LogP contribution in [-0.4, -0.2) is 19.8 Å². The molecule has 0 radical (unpaired) electrons. The number of hydrogen-bond donors (Lipinski definition) is 1. The zero-order chi connectivity index (χ0) is 44.0. The predicted octanol–water partition coefficient (Wildman–Crippen LogP) is 16.2. The van der Waals surface area contributed by atoms with Crippen LogP contribution in [0, 0.1) is 18.8 Å². The lowest BCUT2D eigenvalue weighted by atomic mass is 9.84. The highest BCUT2D eigenvalue weighted by molar-refractivity contribution is 6.25. The Labute approximate surface area is 357 Å². The van der Waals surface area contributed by atoms with Crippen LogP contribution in [0.15, 0.2) is 191 Å². The Kier molecular flexibility index (Phi) is 21.4. The van der Waals surface area contributed by atoms with Crippen molar-refractivity contribution in [3.05, 3.63) is 207 Å². The van der Waals surface area contributed by atoms with Crippen molar-refractivity contribution in [2.75, 3.05) is 14.2 Å². The van der Waals surface area contributed by atoms with E-state index in [0.29, 0.717) is 11.8 Å². The number of fused-ring (bicyclic) bond motifs is 6. The Balaban J connectivity index is 0.000000571. The maximum Gasteiger partial charge on any atom is 0.0645 e. The number of hydrogen-bond acceptors (Lipinski definition) is 2. The molecular formula is C57H69NO. The van der Waals surface area contributed by atoms with Gasteiger partial charge in [0.25, 0.3) is 0 Å². The molecule has 2 heteroatoms. The highest BCUT2D eigenvalue weighted by Gasteiger charge is 2.20. The smallest absolute Gasteiger partial charge is 0.0645 e. The van der Waals surface area contributed by atoms with Gasteiger partial charge in [0.2, 0.25) is 0 Å². The van der Waals surface area contributed by atoms with Gasteiger partial charge in [-0.1, -0.05) is 166 Å². The van der Waals surface area contributed by atoms with Crippen molar-refractivity contribution in [3.8, 4) is 11.1 Å². The standard InChI is InChI=1S/C41H32.C7H16O.2C3H6.C2H4.CH5N/c1-28-23-33(26-34(24-28)40(31-15-7-4-8-16-31)25-29(2)30-13-5-3-6-14-30)32-21-22-39-37-19-10-9-17-35(37)36-18-11-12-20-38(36)41(39)27-32;1-6(2)7(3,4)8-5;2*1-3-2;2*1-2/h3-15,17-27,31H,2,16H2,1H3;6H,1-5H3;2*3H,1H2,2H3;1-2H2;2H2,1H3/b40-25-;;;;;. The van der Waals surface area contributed by atoms with Crippen LogP contribution in [0.1, 0.15) is 64.7 Å². The van der Waals surface area contributed by atoms with Gasteiger partial charge in [-0.2, -0.15) is 0 Å². The van der Waals surface area contributed by atoms with E-state index in [4.69, 9.17) is 4.74 Å². The first-order valence-electron chi connectivity index (χ1n) is 20.5. The second kappa shape index (κ2) is 25.5. The summed E-state index contributed by atoms with van der Waals surface area (Å²) in [5.41, 5.74) is 13.0. The maximum absolute atomic E-state index is 5.20. The predicted molar refractivity (Wildman–Crippen MR) is 268 cm³/mol. The molecule has 0 saturated carbocycles. The lowest BCUT2D eigenvalue weighted by Gasteiger charge is -2.26. The molecule has 308 valence electrons. The Morgan fingerprint density at radius 3 is 1.63 bits per heavy atom. The summed E-state index contributed by atoms with van der Waals surface area (Å²) in [5.74, 6) is 0.898. The number of benzene rings is 6. The van der Waals surface area contributed by atoms with E-state index >= 15 is 0 Å². The molecule has 0 amide bonds. The minimum Gasteiger partial charge on any atom is -0.379 e. The summed E-state index contributed by atoms with van der Waals surface area (Å²) in [5, 5.41) is 7.82. The number of ether oxygens (including phenoxy) is 1. The van der Waals surface area contributed by atoms with Crippen LogP contribution in [0.5, 0.6) is 0 Å². The molecule has 2 N–H and O–H groups in total. The third kappa shape index (κ3) is 13.6. The number of allylic oxidation sites excluding steroid dienone is 9. The molecule has 0 aromatic heterocycles. The van der Waals surface area contributed by atoms with Crippen LogP contribution in [0.25, 0.3) is 54.6 Å². The normalized spacial score (nSPS) is 12.9. The second-order valence-corrected chi connectivity index (χ2v) is 14.9. The van der Waals surface area contributed by atoms with Crippen LogP contribution >= 0.6 is 0 Å². The molecule has 0 heterocycles. The summed E-state index contributed by atoms with van der Waals surface area (Å²) >= 11 is 0. The Hall–Kier alpha value is -5.80. The molecule has 1 aliphatic rings. The van der Waals surface area contributed by atoms with E-state index in [-0.39, 0.29) is 5.60 Å². The number of methoxy groups -OCH3 is 1. The SMILES string of the molecule is C=C.C=C(/C=C(\c1cc(C)cc(-c2ccc3c4ccccc4c4ccccc4c3c2)c1)C1C=CC=CC1)c1ccccc1.C=CC.C=CC.CN.COC(C)(C)C(C)C. The maximum atomic E-state index is 5.20. The largest absolute Gasteiger partial charge is 0.379 e. The van der Waals surface area contributed by atoms with E-state index < -0.39 is 0 Å². The first-order chi connectivity index (χ1) is 28.5. The highest BCUT2D eigenvalue weighted by atomic mass is 16.5. The molecule has 6 aromatic carbocycles. The summed E-state index contributed by atoms with van der Waals surface area (Å²) in [4.78, 5) is 0. The number of rotatable bonds is 7. The fraction of sp³-hybridized carbons (Fsp3) is 0.228. The van der Waals surface area contributed by atoms with E-state index in [9.17, 15) is 0 Å². The lowest BCUT2D eigenvalue weighted by molar-refractivity contribution is -0.0157. The first kappa shape index (κ1) is 49.3. The third-order valence-corrected chi connectivity index (χ3v) is 10.3. The lowest BCUT2D eigenvalue weighted by Crippen LogP contribution is -2.29. The molecule has 0 aliphatic heterocycles. The van der Waals surface area contributed by atoms with Gasteiger partial charge in [0.05, 0.1) is 5.60 Å². The highest BCUT2D eigenvalue weighted by Crippen LogP contribution is 2.39. The molecule has 1 unspecified atom stereocenters. The Morgan fingerprint density at radius 1 is 0.678 bits per heavy atom. The van der Waals surface area contributed by atoms with Crippen LogP contribution in [-0.2, 0) is 4.74 Å². The molecule has 6 aromatic rings. The van der Waals surface area contributed by atoms with Crippen molar-refractivity contribution >= 4 is 43.5 Å². The molecule has 0 bridgehead atoms. The van der Waals surface area contributed by atoms with E-state index in [2.05, 4.69) is 219 Å². The van der Waals surface area contributed by atoms with Gasteiger partial charge >= 0.3 is 0 Å². The molecule has 2 nitrogen and oxygen atoms in total. The molecular weight excluding hydrogens is 715 g/mol. The zero-order valence-corrected chi connectivity index (χ0v) is 37.4. The van der Waals surface area contributed by atoms with E-state index in [1.807, 2.05) is 13.8 Å². The van der Waals surface area contributed by atoms with Crippen molar-refractivity contribution in [1.29, 1.82) is 0 Å². The molecule has 1 atom stereocenters. The van der Waals surface area contributed by atoms with Gasteiger partial charge in [-0.15, -0.1) is 26.3 Å². The van der Waals surface area contributed by atoms with Crippen LogP contribution < -0.4 is 5.73 Å². The van der Waals surface area contributed by atoms with Gasteiger partial charge in [-0.05, 0) is 137 Å². The summed E-state index contributed by atoms with van der Waals surface area (Å²) < 4.78 is 5.20. The number of nitrogens with two attached hydrogens (primary N) is 1. The minimum atomic E-state index is 0.0417. The first-order valence-corrected chi connectivity index (χ1v) is 20.5. The average molecular weight is 784 g/mol. The topological polar surface area (TPSA) is 35.2 Å². The minimum absolute atomic E-state index is 0.0417. The van der Waals surface area contributed by atoms with Crippen molar-refractivity contribution in [2.24, 2.45) is 17.6 Å². The van der Waals surface area contributed by atoms with Crippen molar-refractivity contribution in [3.63, 3.8) is 0 Å². The van der Waals surface area contributed by atoms with Gasteiger partial charge in [0.15, 0.2) is 0 Å². The quantitative estimate of drug-likeness (QED) is 0.0994. The van der Waals surface area contributed by atoms with Gasteiger partial charge in [0.1, 0.15) is 0 Å². The summed E-state index contributed by atoms with van der Waals surface area (Å²) in [6.45, 7) is 31.7. The van der Waals surface area contributed by atoms with E-state index in [1.54, 1.807) is 19.3 Å². The van der Waals surface area contributed by atoms with Crippen molar-refractivity contribution < 1.29 is 4.74 Å². The Morgan fingerprint density at radius 2 is 1.17 bits per heavy atom. The summed E-state index contributed by atoms with van der Waals surface area (Å²) in [6, 6.07) is 42.0. The summed E-state index contributed by atoms with van der Waals surface area (Å²) in [6.07, 6.45) is 15.7. The van der Waals surface area contributed by atoms with Gasteiger partial charge < -0.3 is 10.5 Å². The van der Waals surface area contributed by atoms with Crippen molar-refractivity contribution in [1.82, 2.24) is 0 Å².